The molecule has 0 radical (unpaired) electrons. The van der Waals surface area contributed by atoms with Gasteiger partial charge in [0.25, 0.3) is 0 Å². The average molecular weight is 232 g/mol. The third kappa shape index (κ3) is 2.33. The molecule has 0 N–H and O–H groups in total. The van der Waals surface area contributed by atoms with E-state index in [1.807, 2.05) is 18.2 Å². The highest BCUT2D eigenvalue weighted by Crippen LogP contribution is 2.26. The van der Waals surface area contributed by atoms with Gasteiger partial charge in [-0.15, -0.1) is 0 Å². The predicted molar refractivity (Wildman–Crippen MR) is 67.6 cm³/mol. The molecule has 0 aliphatic heterocycles. The molecule has 0 unspecified atom stereocenters. The van der Waals surface area contributed by atoms with E-state index in [1.165, 1.54) is 0 Å². The largest absolute Gasteiger partial charge is 0.492 e. The van der Waals surface area contributed by atoms with Crippen LogP contribution in [0.5, 0.6) is 5.75 Å². The molecule has 2 aromatic rings. The lowest BCUT2D eigenvalue weighted by Gasteiger charge is -2.10. The molecule has 0 fully saturated rings. The summed E-state index contributed by atoms with van der Waals surface area (Å²) in [5, 5.41) is 0.862. The van der Waals surface area contributed by atoms with E-state index in [1.54, 1.807) is 13.0 Å². The third-order valence-electron chi connectivity index (χ3n) is 2.73. The zero-order valence-electron chi connectivity index (χ0n) is 10.2. The van der Waals surface area contributed by atoms with Crippen LogP contribution < -0.4 is 10.4 Å². The lowest BCUT2D eigenvalue weighted by molar-refractivity contribution is 0.308. The van der Waals surface area contributed by atoms with Gasteiger partial charge in [0, 0.05) is 0 Å². The summed E-state index contributed by atoms with van der Waals surface area (Å²) < 4.78 is 10.9. The number of benzene rings is 1. The van der Waals surface area contributed by atoms with Crippen molar-refractivity contribution < 1.29 is 9.15 Å². The Morgan fingerprint density at radius 1 is 1.29 bits per heavy atom. The van der Waals surface area contributed by atoms with Crippen LogP contribution in [0.3, 0.4) is 0 Å². The number of ether oxygens (including phenoxy) is 1. The van der Waals surface area contributed by atoms with Gasteiger partial charge in [-0.05, 0) is 25.5 Å². The fourth-order valence-electron chi connectivity index (χ4n) is 1.72. The van der Waals surface area contributed by atoms with Crippen molar-refractivity contribution in [3.8, 4) is 5.75 Å². The van der Waals surface area contributed by atoms with E-state index in [9.17, 15) is 4.79 Å². The van der Waals surface area contributed by atoms with E-state index in [-0.39, 0.29) is 5.63 Å². The van der Waals surface area contributed by atoms with E-state index >= 15 is 0 Å². The Labute approximate surface area is 100 Å². The van der Waals surface area contributed by atoms with Crippen molar-refractivity contribution in [3.05, 3.63) is 40.2 Å². The van der Waals surface area contributed by atoms with Gasteiger partial charge in [-0.1, -0.05) is 25.5 Å². The number of rotatable bonds is 4. The summed E-state index contributed by atoms with van der Waals surface area (Å²) in [5.74, 6) is 0.658. The van der Waals surface area contributed by atoms with Crippen molar-refractivity contribution in [1.29, 1.82) is 0 Å². The molecule has 1 aromatic heterocycles. The molecule has 17 heavy (non-hydrogen) atoms. The first-order chi connectivity index (χ1) is 8.24. The molecule has 1 heterocycles. The fourth-order valence-corrected chi connectivity index (χ4v) is 1.72. The maximum atomic E-state index is 11.6. The van der Waals surface area contributed by atoms with E-state index in [0.717, 1.165) is 18.2 Å². The maximum Gasteiger partial charge on any atom is 0.342 e. The first-order valence-corrected chi connectivity index (χ1v) is 5.89. The summed E-state index contributed by atoms with van der Waals surface area (Å²) >= 11 is 0. The second kappa shape index (κ2) is 5.04. The molecule has 0 atom stereocenters. The smallest absolute Gasteiger partial charge is 0.342 e. The van der Waals surface area contributed by atoms with Crippen LogP contribution in [0.1, 0.15) is 25.3 Å². The monoisotopic (exact) mass is 232 g/mol. The average Bonchev–Trinajstić information content (AvgIpc) is 2.34. The number of hydrogen-bond acceptors (Lipinski definition) is 3. The minimum atomic E-state index is -0.324. The van der Waals surface area contributed by atoms with Crippen LogP contribution in [-0.4, -0.2) is 6.61 Å². The van der Waals surface area contributed by atoms with E-state index in [0.29, 0.717) is 23.5 Å². The summed E-state index contributed by atoms with van der Waals surface area (Å²) in [7, 11) is 0. The van der Waals surface area contributed by atoms with Crippen molar-refractivity contribution in [2.24, 2.45) is 0 Å². The molecular weight excluding hydrogens is 216 g/mol. The molecule has 0 aliphatic rings. The molecule has 3 heteroatoms. The molecule has 0 spiro atoms. The second-order valence-electron chi connectivity index (χ2n) is 4.04. The van der Waals surface area contributed by atoms with Crippen LogP contribution in [-0.2, 0) is 0 Å². The molecule has 0 saturated heterocycles. The van der Waals surface area contributed by atoms with Crippen molar-refractivity contribution in [2.75, 3.05) is 6.61 Å². The Hall–Kier alpha value is -1.77. The molecule has 3 nitrogen and oxygen atoms in total. The second-order valence-corrected chi connectivity index (χ2v) is 4.04. The highest BCUT2D eigenvalue weighted by molar-refractivity contribution is 5.84. The van der Waals surface area contributed by atoms with Gasteiger partial charge in [0.05, 0.1) is 17.6 Å². The molecule has 2 rings (SSSR count). The zero-order chi connectivity index (χ0) is 12.3. The van der Waals surface area contributed by atoms with Crippen LogP contribution >= 0.6 is 0 Å². The van der Waals surface area contributed by atoms with E-state index in [4.69, 9.17) is 9.15 Å². The number of unbranched alkanes of at least 4 members (excludes halogenated alkanes) is 1. The Morgan fingerprint density at radius 2 is 2.06 bits per heavy atom. The molecular formula is C14H16O3. The van der Waals surface area contributed by atoms with Gasteiger partial charge < -0.3 is 9.15 Å². The maximum absolute atomic E-state index is 11.6. The molecule has 0 aliphatic carbocycles. The lowest BCUT2D eigenvalue weighted by atomic mass is 10.1. The fraction of sp³-hybridized carbons (Fsp3) is 0.357. The first kappa shape index (κ1) is 11.7. The van der Waals surface area contributed by atoms with Crippen LogP contribution in [0, 0.1) is 6.92 Å². The zero-order valence-corrected chi connectivity index (χ0v) is 10.2. The number of para-hydroxylation sites is 1. The number of fused-ring (bicyclic) bond motifs is 1. The summed E-state index contributed by atoms with van der Waals surface area (Å²) in [6, 6.07) is 7.44. The highest BCUT2D eigenvalue weighted by atomic mass is 16.5. The molecule has 0 bridgehead atoms. The van der Waals surface area contributed by atoms with Gasteiger partial charge in [-0.3, -0.25) is 0 Å². The standard InChI is InChI=1S/C14H16O3/c1-3-4-9-16-13-10(2)14(15)17-12-8-6-5-7-11(12)13/h5-8H,3-4,9H2,1-2H3. The summed E-state index contributed by atoms with van der Waals surface area (Å²) in [5.41, 5.74) is 0.796. The van der Waals surface area contributed by atoms with Crippen LogP contribution in [0.15, 0.2) is 33.5 Å². The van der Waals surface area contributed by atoms with Crippen LogP contribution in [0.25, 0.3) is 11.0 Å². The highest BCUT2D eigenvalue weighted by Gasteiger charge is 2.11. The lowest BCUT2D eigenvalue weighted by Crippen LogP contribution is -2.08. The van der Waals surface area contributed by atoms with Gasteiger partial charge in [-0.25, -0.2) is 4.79 Å². The van der Waals surface area contributed by atoms with Crippen LogP contribution in [0.4, 0.5) is 0 Å². The van der Waals surface area contributed by atoms with Crippen molar-refractivity contribution >= 4 is 11.0 Å². The van der Waals surface area contributed by atoms with Crippen molar-refractivity contribution in [3.63, 3.8) is 0 Å². The van der Waals surface area contributed by atoms with Crippen molar-refractivity contribution in [1.82, 2.24) is 0 Å². The van der Waals surface area contributed by atoms with Gasteiger partial charge in [0.15, 0.2) is 0 Å². The summed E-state index contributed by atoms with van der Waals surface area (Å²) in [6.07, 6.45) is 2.05. The molecule has 0 saturated carbocycles. The third-order valence-corrected chi connectivity index (χ3v) is 2.73. The summed E-state index contributed by atoms with van der Waals surface area (Å²) in [4.78, 5) is 11.6. The van der Waals surface area contributed by atoms with Gasteiger partial charge in [0.2, 0.25) is 0 Å². The SMILES string of the molecule is CCCCOc1c(C)c(=O)oc2ccccc12. The molecule has 90 valence electrons. The normalized spacial score (nSPS) is 10.7. The van der Waals surface area contributed by atoms with E-state index in [2.05, 4.69) is 6.92 Å². The molecule has 1 aromatic carbocycles. The first-order valence-electron chi connectivity index (χ1n) is 5.89. The van der Waals surface area contributed by atoms with Gasteiger partial charge in [0.1, 0.15) is 11.3 Å². The minimum Gasteiger partial charge on any atom is -0.492 e. The minimum absolute atomic E-state index is 0.324. The van der Waals surface area contributed by atoms with Crippen molar-refractivity contribution in [2.45, 2.75) is 26.7 Å². The Bertz CT molecular complexity index is 569. The van der Waals surface area contributed by atoms with Crippen LogP contribution in [0.2, 0.25) is 0 Å². The summed E-state index contributed by atoms with van der Waals surface area (Å²) in [6.45, 7) is 4.47. The quantitative estimate of drug-likeness (QED) is 0.600. The van der Waals surface area contributed by atoms with E-state index < -0.39 is 0 Å². The Morgan fingerprint density at radius 3 is 2.82 bits per heavy atom. The predicted octanol–water partition coefficient (Wildman–Crippen LogP) is 3.28. The van der Waals surface area contributed by atoms with Gasteiger partial charge >= 0.3 is 5.63 Å². The number of hydrogen-bond donors (Lipinski definition) is 0. The van der Waals surface area contributed by atoms with Gasteiger partial charge in [-0.2, -0.15) is 0 Å². The Balaban J connectivity index is 2.50. The topological polar surface area (TPSA) is 39.4 Å². The molecule has 0 amide bonds. The Kier molecular flexibility index (Phi) is 3.47.